The van der Waals surface area contributed by atoms with Crippen LogP contribution < -0.4 is 25.4 Å². The van der Waals surface area contributed by atoms with Crippen molar-refractivity contribution >= 4 is 17.7 Å². The lowest BCUT2D eigenvalue weighted by Crippen LogP contribution is -2.35. The first kappa shape index (κ1) is 22.4. The zero-order chi connectivity index (χ0) is 20.3. The Morgan fingerprint density at radius 3 is 2.48 bits per heavy atom. The van der Waals surface area contributed by atoms with Crippen LogP contribution in [-0.2, 0) is 4.74 Å². The molecule has 0 radical (unpaired) electrons. The number of carbonyl (C=O) groups excluding carboxylic acids is 1. The van der Waals surface area contributed by atoms with Crippen molar-refractivity contribution in [3.63, 3.8) is 0 Å². The van der Waals surface area contributed by atoms with Crippen LogP contribution in [0, 0.1) is 0 Å². The van der Waals surface area contributed by atoms with E-state index in [2.05, 4.69) is 20.9 Å². The molecule has 0 bridgehead atoms. The van der Waals surface area contributed by atoms with Gasteiger partial charge in [0.2, 0.25) is 0 Å². The Kier molecular flexibility index (Phi) is 9.25. The van der Waals surface area contributed by atoms with E-state index in [4.69, 9.17) is 14.2 Å². The van der Waals surface area contributed by atoms with Crippen molar-refractivity contribution in [2.75, 3.05) is 38.7 Å². The molecule has 8 nitrogen and oxygen atoms in total. The fraction of sp³-hybridized carbons (Fsp3) is 0.579. The third kappa shape index (κ3) is 9.03. The van der Waals surface area contributed by atoms with Gasteiger partial charge in [0.05, 0.1) is 20.3 Å². The van der Waals surface area contributed by atoms with Gasteiger partial charge in [-0.05, 0) is 46.8 Å². The van der Waals surface area contributed by atoms with Crippen molar-refractivity contribution in [1.29, 1.82) is 0 Å². The molecule has 0 unspecified atom stereocenters. The minimum atomic E-state index is -0.517. The molecule has 0 heterocycles. The van der Waals surface area contributed by atoms with Gasteiger partial charge >= 0.3 is 6.09 Å². The van der Waals surface area contributed by atoms with Gasteiger partial charge in [-0.15, -0.1) is 0 Å². The van der Waals surface area contributed by atoms with Gasteiger partial charge in [0.1, 0.15) is 5.60 Å². The lowest BCUT2D eigenvalue weighted by molar-refractivity contribution is 0.0529. The van der Waals surface area contributed by atoms with E-state index in [-0.39, 0.29) is 0 Å². The number of alkyl carbamates (subject to hydrolysis) is 1. The minimum absolute atomic E-state index is 0.373. The maximum absolute atomic E-state index is 11.6. The van der Waals surface area contributed by atoms with E-state index in [1.807, 2.05) is 52.8 Å². The highest BCUT2D eigenvalue weighted by atomic mass is 16.6. The molecule has 0 saturated heterocycles. The number of nitrogens with zero attached hydrogens (tertiary/aromatic N) is 1. The first-order chi connectivity index (χ1) is 12.8. The summed E-state index contributed by atoms with van der Waals surface area (Å²) in [6.07, 6.45) is -0.452. The molecule has 1 aromatic rings. The largest absolute Gasteiger partial charge is 0.493 e. The van der Waals surface area contributed by atoms with E-state index in [1.54, 1.807) is 7.11 Å². The number of methoxy groups -OCH3 is 1. The van der Waals surface area contributed by atoms with Gasteiger partial charge in [0, 0.05) is 24.8 Å². The number of amides is 1. The molecule has 0 spiro atoms. The van der Waals surface area contributed by atoms with Crippen LogP contribution in [0.15, 0.2) is 23.2 Å². The Hall–Kier alpha value is -2.64. The second-order valence-electron chi connectivity index (χ2n) is 6.61. The van der Waals surface area contributed by atoms with Gasteiger partial charge in [0.15, 0.2) is 17.5 Å². The van der Waals surface area contributed by atoms with Crippen molar-refractivity contribution in [3.8, 4) is 11.5 Å². The molecule has 0 aliphatic carbocycles. The first-order valence-corrected chi connectivity index (χ1v) is 9.12. The highest BCUT2D eigenvalue weighted by molar-refractivity contribution is 5.93. The van der Waals surface area contributed by atoms with Gasteiger partial charge in [-0.1, -0.05) is 0 Å². The van der Waals surface area contributed by atoms with Crippen LogP contribution in [-0.4, -0.2) is 51.0 Å². The summed E-state index contributed by atoms with van der Waals surface area (Å²) in [4.78, 5) is 16.1. The Balaban J connectivity index is 2.65. The number of ether oxygens (including phenoxy) is 3. The zero-order valence-electron chi connectivity index (χ0n) is 17.1. The summed E-state index contributed by atoms with van der Waals surface area (Å²) in [5.41, 5.74) is 0.298. The van der Waals surface area contributed by atoms with Crippen molar-refractivity contribution in [1.82, 2.24) is 10.6 Å². The zero-order valence-corrected chi connectivity index (χ0v) is 17.1. The Morgan fingerprint density at radius 1 is 1.15 bits per heavy atom. The number of rotatable bonds is 8. The fourth-order valence-corrected chi connectivity index (χ4v) is 2.10. The predicted molar refractivity (Wildman–Crippen MR) is 108 cm³/mol. The maximum atomic E-state index is 11.6. The molecule has 0 aromatic heterocycles. The van der Waals surface area contributed by atoms with Crippen LogP contribution in [0.25, 0.3) is 0 Å². The molecule has 1 rings (SSSR count). The van der Waals surface area contributed by atoms with E-state index in [1.165, 1.54) is 0 Å². The van der Waals surface area contributed by atoms with Crippen LogP contribution in [0.2, 0.25) is 0 Å². The smallest absolute Gasteiger partial charge is 0.407 e. The number of aliphatic imine (C=N–C) groups is 1. The van der Waals surface area contributed by atoms with Gasteiger partial charge < -0.3 is 30.2 Å². The van der Waals surface area contributed by atoms with Crippen molar-refractivity contribution < 1.29 is 19.0 Å². The van der Waals surface area contributed by atoms with E-state index in [9.17, 15) is 4.79 Å². The SMILES string of the molecule is CCNC(=NCCNC(=O)OC(C)(C)C)Nc1ccc(OCC)c(OC)c1. The van der Waals surface area contributed by atoms with E-state index < -0.39 is 11.7 Å². The second-order valence-corrected chi connectivity index (χ2v) is 6.61. The first-order valence-electron chi connectivity index (χ1n) is 9.12. The van der Waals surface area contributed by atoms with Crippen LogP contribution in [0.1, 0.15) is 34.6 Å². The number of hydrogen-bond acceptors (Lipinski definition) is 5. The highest BCUT2D eigenvalue weighted by Gasteiger charge is 2.15. The third-order valence-corrected chi connectivity index (χ3v) is 3.12. The average Bonchev–Trinajstić information content (AvgIpc) is 2.58. The van der Waals surface area contributed by atoms with E-state index in [0.29, 0.717) is 43.7 Å². The van der Waals surface area contributed by atoms with Crippen molar-refractivity contribution in [2.24, 2.45) is 4.99 Å². The Bertz CT molecular complexity index is 627. The molecular weight excluding hydrogens is 348 g/mol. The predicted octanol–water partition coefficient (Wildman–Crippen LogP) is 3.00. The molecule has 0 aliphatic heterocycles. The molecule has 0 fully saturated rings. The van der Waals surface area contributed by atoms with Gasteiger partial charge in [-0.2, -0.15) is 0 Å². The van der Waals surface area contributed by atoms with Crippen LogP contribution >= 0.6 is 0 Å². The Labute approximate surface area is 161 Å². The monoisotopic (exact) mass is 380 g/mol. The molecule has 0 saturated carbocycles. The lowest BCUT2D eigenvalue weighted by Gasteiger charge is -2.19. The van der Waals surface area contributed by atoms with E-state index in [0.717, 1.165) is 5.69 Å². The average molecular weight is 380 g/mol. The summed E-state index contributed by atoms with van der Waals surface area (Å²) in [6.45, 7) is 11.4. The molecule has 3 N–H and O–H groups in total. The molecule has 1 aromatic carbocycles. The fourth-order valence-electron chi connectivity index (χ4n) is 2.10. The summed E-state index contributed by atoms with van der Waals surface area (Å²) in [6, 6.07) is 5.58. The van der Waals surface area contributed by atoms with Crippen molar-refractivity contribution in [3.05, 3.63) is 18.2 Å². The Morgan fingerprint density at radius 2 is 1.89 bits per heavy atom. The summed E-state index contributed by atoms with van der Waals surface area (Å²) in [7, 11) is 1.60. The lowest BCUT2D eigenvalue weighted by atomic mass is 10.2. The van der Waals surface area contributed by atoms with Gasteiger partial charge in [-0.25, -0.2) is 4.79 Å². The highest BCUT2D eigenvalue weighted by Crippen LogP contribution is 2.30. The summed E-state index contributed by atoms with van der Waals surface area (Å²) in [5.74, 6) is 1.94. The number of benzene rings is 1. The van der Waals surface area contributed by atoms with Crippen LogP contribution in [0.5, 0.6) is 11.5 Å². The standard InChI is InChI=1S/C19H32N4O4/c1-7-20-17(21-11-12-22-18(24)27-19(3,4)5)23-14-9-10-15(26-8-2)16(13-14)25-6/h9-10,13H,7-8,11-12H2,1-6H3,(H,22,24)(H2,20,21,23). The maximum Gasteiger partial charge on any atom is 0.407 e. The molecule has 8 heteroatoms. The van der Waals surface area contributed by atoms with E-state index >= 15 is 0 Å². The summed E-state index contributed by atoms with van der Waals surface area (Å²) < 4.78 is 16.1. The normalized spacial score (nSPS) is 11.6. The van der Waals surface area contributed by atoms with Gasteiger partial charge in [-0.3, -0.25) is 4.99 Å². The summed E-state index contributed by atoms with van der Waals surface area (Å²) >= 11 is 0. The number of anilines is 1. The molecule has 27 heavy (non-hydrogen) atoms. The number of carbonyl (C=O) groups is 1. The molecule has 152 valence electrons. The third-order valence-electron chi connectivity index (χ3n) is 3.12. The molecule has 0 atom stereocenters. The summed E-state index contributed by atoms with van der Waals surface area (Å²) in [5, 5.41) is 9.05. The topological polar surface area (TPSA) is 93.2 Å². The minimum Gasteiger partial charge on any atom is -0.493 e. The molecule has 1 amide bonds. The molecule has 0 aliphatic rings. The number of guanidine groups is 1. The van der Waals surface area contributed by atoms with Crippen molar-refractivity contribution in [2.45, 2.75) is 40.2 Å². The second kappa shape index (κ2) is 11.2. The number of hydrogen-bond donors (Lipinski definition) is 3. The quantitative estimate of drug-likeness (QED) is 0.365. The van der Waals surface area contributed by atoms with Crippen LogP contribution in [0.4, 0.5) is 10.5 Å². The van der Waals surface area contributed by atoms with Crippen LogP contribution in [0.3, 0.4) is 0 Å². The number of nitrogens with one attached hydrogen (secondary N) is 3. The molecular formula is C19H32N4O4. The van der Waals surface area contributed by atoms with Gasteiger partial charge in [0.25, 0.3) is 0 Å².